The van der Waals surface area contributed by atoms with Crippen molar-refractivity contribution in [3.05, 3.63) is 17.5 Å². The molecule has 2 unspecified atom stereocenters. The molecule has 1 aromatic rings. The number of piperidine rings is 1. The molecule has 0 aromatic carbocycles. The first-order chi connectivity index (χ1) is 12.6. The summed E-state index contributed by atoms with van der Waals surface area (Å²) < 4.78 is 5.63. The third-order valence-electron chi connectivity index (χ3n) is 5.96. The lowest BCUT2D eigenvalue weighted by Crippen LogP contribution is -2.41. The molecule has 1 aliphatic carbocycles. The van der Waals surface area contributed by atoms with Gasteiger partial charge in [-0.05, 0) is 57.5 Å². The SMILES string of the molecule is CC(C)NC(=O)CC1CCNCC1Cc1cc(CC2CCCCC2)on1. The standard InChI is InChI=1S/C21H35N3O2/c1-15(2)23-21(25)12-17-8-9-22-14-18(17)11-19-13-20(26-24-19)10-16-6-4-3-5-7-16/h13,15-18,22H,3-12,14H2,1-2H3,(H,23,25). The average Bonchev–Trinajstić information content (AvgIpc) is 3.04. The molecule has 1 saturated carbocycles. The van der Waals surface area contributed by atoms with Crippen molar-refractivity contribution < 1.29 is 9.32 Å². The fraction of sp³-hybridized carbons (Fsp3) is 0.810. The fourth-order valence-electron chi connectivity index (χ4n) is 4.60. The van der Waals surface area contributed by atoms with Gasteiger partial charge in [0.15, 0.2) is 0 Å². The van der Waals surface area contributed by atoms with E-state index in [1.165, 1.54) is 32.1 Å². The molecule has 1 aromatic heterocycles. The van der Waals surface area contributed by atoms with Gasteiger partial charge >= 0.3 is 0 Å². The highest BCUT2D eigenvalue weighted by Gasteiger charge is 2.28. The zero-order valence-corrected chi connectivity index (χ0v) is 16.4. The summed E-state index contributed by atoms with van der Waals surface area (Å²) in [6.07, 6.45) is 10.4. The maximum Gasteiger partial charge on any atom is 0.220 e. The minimum Gasteiger partial charge on any atom is -0.361 e. The summed E-state index contributed by atoms with van der Waals surface area (Å²) in [5.41, 5.74) is 1.05. The zero-order chi connectivity index (χ0) is 18.4. The normalized spacial score (nSPS) is 24.7. The van der Waals surface area contributed by atoms with Crippen molar-refractivity contribution in [1.29, 1.82) is 0 Å². The van der Waals surface area contributed by atoms with Crippen LogP contribution < -0.4 is 10.6 Å². The van der Waals surface area contributed by atoms with E-state index in [1.807, 2.05) is 13.8 Å². The Hall–Kier alpha value is -1.36. The molecule has 1 saturated heterocycles. The molecule has 1 aliphatic heterocycles. The molecule has 26 heavy (non-hydrogen) atoms. The Labute approximate surface area is 157 Å². The molecule has 5 heteroatoms. The molecule has 5 nitrogen and oxygen atoms in total. The van der Waals surface area contributed by atoms with Crippen LogP contribution in [0, 0.1) is 17.8 Å². The molecule has 2 N–H and O–H groups in total. The van der Waals surface area contributed by atoms with E-state index in [1.54, 1.807) is 0 Å². The highest BCUT2D eigenvalue weighted by atomic mass is 16.5. The molecule has 2 fully saturated rings. The molecular weight excluding hydrogens is 326 g/mol. The Morgan fingerprint density at radius 1 is 1.23 bits per heavy atom. The van der Waals surface area contributed by atoms with Gasteiger partial charge in [-0.15, -0.1) is 0 Å². The van der Waals surface area contributed by atoms with Gasteiger partial charge in [-0.1, -0.05) is 37.3 Å². The maximum atomic E-state index is 12.2. The van der Waals surface area contributed by atoms with Crippen LogP contribution in [0.2, 0.25) is 0 Å². The number of hydrogen-bond acceptors (Lipinski definition) is 4. The van der Waals surface area contributed by atoms with Gasteiger partial charge < -0.3 is 15.2 Å². The predicted molar refractivity (Wildman–Crippen MR) is 103 cm³/mol. The fourth-order valence-corrected chi connectivity index (χ4v) is 4.60. The summed E-state index contributed by atoms with van der Waals surface area (Å²) >= 11 is 0. The van der Waals surface area contributed by atoms with Gasteiger partial charge in [0, 0.05) is 24.9 Å². The Balaban J connectivity index is 1.53. The largest absolute Gasteiger partial charge is 0.361 e. The second kappa shape index (κ2) is 9.54. The van der Waals surface area contributed by atoms with Crippen LogP contribution in [0.3, 0.4) is 0 Å². The van der Waals surface area contributed by atoms with Gasteiger partial charge in [0.05, 0.1) is 5.69 Å². The Morgan fingerprint density at radius 2 is 2.04 bits per heavy atom. The van der Waals surface area contributed by atoms with Crippen LogP contribution in [0.1, 0.15) is 70.2 Å². The topological polar surface area (TPSA) is 67.2 Å². The Kier molecular flexibility index (Phi) is 7.12. The van der Waals surface area contributed by atoms with Crippen molar-refractivity contribution in [2.24, 2.45) is 17.8 Å². The molecule has 0 bridgehead atoms. The molecule has 1 amide bonds. The summed E-state index contributed by atoms with van der Waals surface area (Å²) in [6, 6.07) is 2.37. The molecule has 2 aliphatic rings. The third-order valence-corrected chi connectivity index (χ3v) is 5.96. The number of hydrogen-bond donors (Lipinski definition) is 2. The van der Waals surface area contributed by atoms with Crippen LogP contribution in [-0.2, 0) is 17.6 Å². The lowest BCUT2D eigenvalue weighted by molar-refractivity contribution is -0.123. The number of nitrogens with zero attached hydrogens (tertiary/aromatic N) is 1. The second-order valence-corrected chi connectivity index (χ2v) is 8.64. The van der Waals surface area contributed by atoms with Crippen molar-refractivity contribution >= 4 is 5.91 Å². The van der Waals surface area contributed by atoms with Crippen molar-refractivity contribution in [2.75, 3.05) is 13.1 Å². The summed E-state index contributed by atoms with van der Waals surface area (Å²) in [5, 5.41) is 10.8. The first kappa shape index (κ1) is 19.4. The summed E-state index contributed by atoms with van der Waals surface area (Å²) in [7, 11) is 0. The number of carbonyl (C=O) groups excluding carboxylic acids is 1. The summed E-state index contributed by atoms with van der Waals surface area (Å²) in [5.74, 6) is 2.87. The van der Waals surface area contributed by atoms with Crippen molar-refractivity contribution in [1.82, 2.24) is 15.8 Å². The van der Waals surface area contributed by atoms with E-state index in [0.717, 1.165) is 49.7 Å². The van der Waals surface area contributed by atoms with Gasteiger partial charge in [0.25, 0.3) is 0 Å². The van der Waals surface area contributed by atoms with E-state index < -0.39 is 0 Å². The monoisotopic (exact) mass is 361 g/mol. The van der Waals surface area contributed by atoms with E-state index in [0.29, 0.717) is 18.3 Å². The molecule has 146 valence electrons. The van der Waals surface area contributed by atoms with Gasteiger partial charge in [-0.2, -0.15) is 0 Å². The second-order valence-electron chi connectivity index (χ2n) is 8.64. The zero-order valence-electron chi connectivity index (χ0n) is 16.4. The minimum absolute atomic E-state index is 0.176. The molecule has 3 rings (SSSR count). The van der Waals surface area contributed by atoms with Crippen molar-refractivity contribution in [2.45, 2.75) is 77.7 Å². The van der Waals surface area contributed by atoms with Gasteiger partial charge in [0.1, 0.15) is 5.76 Å². The van der Waals surface area contributed by atoms with Crippen LogP contribution in [0.25, 0.3) is 0 Å². The number of carbonyl (C=O) groups is 1. The van der Waals surface area contributed by atoms with Crippen molar-refractivity contribution in [3.63, 3.8) is 0 Å². The van der Waals surface area contributed by atoms with Crippen LogP contribution in [-0.4, -0.2) is 30.2 Å². The van der Waals surface area contributed by atoms with E-state index in [2.05, 4.69) is 21.9 Å². The van der Waals surface area contributed by atoms with Crippen LogP contribution in [0.4, 0.5) is 0 Å². The first-order valence-corrected chi connectivity index (χ1v) is 10.5. The highest BCUT2D eigenvalue weighted by Crippen LogP contribution is 2.29. The van der Waals surface area contributed by atoms with E-state index in [-0.39, 0.29) is 11.9 Å². The molecular formula is C21H35N3O2. The molecule has 0 radical (unpaired) electrons. The van der Waals surface area contributed by atoms with Crippen LogP contribution in [0.5, 0.6) is 0 Å². The maximum absolute atomic E-state index is 12.2. The number of aromatic nitrogens is 1. The lowest BCUT2D eigenvalue weighted by Gasteiger charge is -2.31. The van der Waals surface area contributed by atoms with E-state index in [4.69, 9.17) is 4.52 Å². The quantitative estimate of drug-likeness (QED) is 0.780. The third kappa shape index (κ3) is 5.83. The predicted octanol–water partition coefficient (Wildman–Crippen LogP) is 3.48. The van der Waals surface area contributed by atoms with Crippen LogP contribution in [0.15, 0.2) is 10.6 Å². The first-order valence-electron chi connectivity index (χ1n) is 10.5. The molecule has 2 atom stereocenters. The highest BCUT2D eigenvalue weighted by molar-refractivity contribution is 5.76. The van der Waals surface area contributed by atoms with Crippen LogP contribution >= 0.6 is 0 Å². The Bertz CT molecular complexity index is 563. The van der Waals surface area contributed by atoms with Gasteiger partial charge in [-0.25, -0.2) is 0 Å². The lowest BCUT2D eigenvalue weighted by atomic mass is 9.81. The smallest absolute Gasteiger partial charge is 0.220 e. The molecule has 2 heterocycles. The Morgan fingerprint density at radius 3 is 2.81 bits per heavy atom. The number of amides is 1. The van der Waals surface area contributed by atoms with Gasteiger partial charge in [0.2, 0.25) is 5.91 Å². The summed E-state index contributed by atoms with van der Waals surface area (Å²) in [6.45, 7) is 5.99. The van der Waals surface area contributed by atoms with Crippen molar-refractivity contribution in [3.8, 4) is 0 Å². The number of rotatable bonds is 7. The minimum atomic E-state index is 0.176. The van der Waals surface area contributed by atoms with E-state index >= 15 is 0 Å². The van der Waals surface area contributed by atoms with Gasteiger partial charge in [-0.3, -0.25) is 4.79 Å². The average molecular weight is 362 g/mol. The summed E-state index contributed by atoms with van der Waals surface area (Å²) in [4.78, 5) is 12.2. The van der Waals surface area contributed by atoms with E-state index in [9.17, 15) is 4.79 Å². The number of nitrogens with one attached hydrogen (secondary N) is 2. The molecule has 0 spiro atoms.